The van der Waals surface area contributed by atoms with Crippen LogP contribution in [0.2, 0.25) is 0 Å². The summed E-state index contributed by atoms with van der Waals surface area (Å²) in [6.07, 6.45) is 1.12. The van der Waals surface area contributed by atoms with Crippen molar-refractivity contribution >= 4 is 42.8 Å². The molecule has 11 heteroatoms. The van der Waals surface area contributed by atoms with E-state index in [4.69, 9.17) is 10.5 Å². The Hall–Kier alpha value is -3.36. The number of rotatable bonds is 5. The van der Waals surface area contributed by atoms with Crippen LogP contribution in [-0.2, 0) is 0 Å². The third kappa shape index (κ3) is 3.37. The minimum atomic E-state index is -0.545. The van der Waals surface area contributed by atoms with Crippen molar-refractivity contribution in [3.63, 3.8) is 0 Å². The van der Waals surface area contributed by atoms with Crippen LogP contribution in [0.25, 0.3) is 11.1 Å². The van der Waals surface area contributed by atoms with Gasteiger partial charge < -0.3 is 10.5 Å². The number of nitriles is 1. The van der Waals surface area contributed by atoms with Crippen LogP contribution in [0.1, 0.15) is 5.56 Å². The summed E-state index contributed by atoms with van der Waals surface area (Å²) in [6, 6.07) is 9.17. The highest BCUT2D eigenvalue weighted by atomic mass is 32.1. The van der Waals surface area contributed by atoms with Crippen LogP contribution >= 0.6 is 22.7 Å². The molecular formula is C15H10N6O3S2. The van der Waals surface area contributed by atoms with Gasteiger partial charge in [0.1, 0.15) is 28.0 Å². The number of nitrogens with two attached hydrogens (primary N) is 1. The standard InChI is InChI=1S/C15H10N6O3S2/c1-24-9-4-2-8(3-5-9)12-10(6-16)13(17)26-14(12)19-20-15-18-7-11(25-15)21(22)23/h2-5,7H,17H2,1H3/b20-19+. The molecule has 2 heterocycles. The molecular weight excluding hydrogens is 376 g/mol. The Morgan fingerprint density at radius 2 is 2.04 bits per heavy atom. The molecule has 2 aromatic heterocycles. The van der Waals surface area contributed by atoms with Gasteiger partial charge in [0.2, 0.25) is 5.13 Å². The molecule has 1 aromatic carbocycles. The lowest BCUT2D eigenvalue weighted by atomic mass is 10.0. The van der Waals surface area contributed by atoms with Crippen molar-refractivity contribution in [3.05, 3.63) is 46.1 Å². The molecule has 3 aromatic rings. The zero-order valence-corrected chi connectivity index (χ0v) is 14.9. The van der Waals surface area contributed by atoms with E-state index in [2.05, 4.69) is 21.3 Å². The Morgan fingerprint density at radius 3 is 2.62 bits per heavy atom. The Balaban J connectivity index is 2.02. The van der Waals surface area contributed by atoms with E-state index in [1.165, 1.54) is 0 Å². The van der Waals surface area contributed by atoms with Gasteiger partial charge in [0.15, 0.2) is 0 Å². The second-order valence-corrected chi connectivity index (χ2v) is 6.82. The SMILES string of the molecule is COc1ccc(-c2c(/N=N/c3ncc([N+](=O)[O-])s3)sc(N)c2C#N)cc1. The molecule has 0 atom stereocenters. The summed E-state index contributed by atoms with van der Waals surface area (Å²) in [7, 11) is 1.56. The Labute approximate surface area is 155 Å². The van der Waals surface area contributed by atoms with Gasteiger partial charge in [-0.05, 0) is 29.0 Å². The number of benzene rings is 1. The third-order valence-corrected chi connectivity index (χ3v) is 5.03. The lowest BCUT2D eigenvalue weighted by Crippen LogP contribution is -1.86. The second-order valence-electron chi connectivity index (χ2n) is 4.80. The van der Waals surface area contributed by atoms with Crippen LogP contribution in [0, 0.1) is 21.4 Å². The molecule has 0 fully saturated rings. The van der Waals surface area contributed by atoms with E-state index in [1.54, 1.807) is 31.4 Å². The number of thiazole rings is 1. The number of methoxy groups -OCH3 is 1. The average Bonchev–Trinajstić information content (AvgIpc) is 3.24. The molecule has 0 bridgehead atoms. The van der Waals surface area contributed by atoms with Crippen LogP contribution in [0.15, 0.2) is 40.7 Å². The molecule has 0 aliphatic carbocycles. The molecule has 0 aliphatic rings. The number of hydrogen-bond donors (Lipinski definition) is 1. The normalized spacial score (nSPS) is 10.8. The van der Waals surface area contributed by atoms with Crippen molar-refractivity contribution in [2.45, 2.75) is 0 Å². The Bertz CT molecular complexity index is 1030. The number of nitro groups is 1. The van der Waals surface area contributed by atoms with Gasteiger partial charge >= 0.3 is 5.00 Å². The van der Waals surface area contributed by atoms with E-state index in [0.29, 0.717) is 26.9 Å². The van der Waals surface area contributed by atoms with Gasteiger partial charge in [0.05, 0.1) is 17.6 Å². The van der Waals surface area contributed by atoms with Crippen molar-refractivity contribution in [2.75, 3.05) is 12.8 Å². The number of thiophene rings is 1. The van der Waals surface area contributed by atoms with Crippen LogP contribution < -0.4 is 10.5 Å². The minimum absolute atomic E-state index is 0.127. The lowest BCUT2D eigenvalue weighted by molar-refractivity contribution is -0.380. The van der Waals surface area contributed by atoms with Gasteiger partial charge in [-0.3, -0.25) is 10.1 Å². The van der Waals surface area contributed by atoms with Gasteiger partial charge in [-0.25, -0.2) is 4.98 Å². The zero-order valence-electron chi connectivity index (χ0n) is 13.2. The minimum Gasteiger partial charge on any atom is -0.497 e. The van der Waals surface area contributed by atoms with Gasteiger partial charge in [0, 0.05) is 5.56 Å². The fraction of sp³-hybridized carbons (Fsp3) is 0.0667. The summed E-state index contributed by atoms with van der Waals surface area (Å²) in [5, 5.41) is 28.9. The summed E-state index contributed by atoms with van der Waals surface area (Å²) < 4.78 is 5.13. The maximum Gasteiger partial charge on any atom is 0.345 e. The number of ether oxygens (including phenoxy) is 1. The zero-order chi connectivity index (χ0) is 18.7. The first-order valence-corrected chi connectivity index (χ1v) is 8.65. The van der Waals surface area contributed by atoms with E-state index < -0.39 is 4.92 Å². The first kappa shape index (κ1) is 17.5. The number of nitrogens with zero attached hydrogens (tertiary/aromatic N) is 5. The first-order chi connectivity index (χ1) is 12.5. The second kappa shape index (κ2) is 7.26. The maximum absolute atomic E-state index is 10.7. The van der Waals surface area contributed by atoms with Gasteiger partial charge in [-0.2, -0.15) is 5.26 Å². The molecule has 2 N–H and O–H groups in total. The monoisotopic (exact) mass is 386 g/mol. The Morgan fingerprint density at radius 1 is 1.31 bits per heavy atom. The molecule has 0 saturated heterocycles. The average molecular weight is 386 g/mol. The van der Waals surface area contributed by atoms with E-state index in [9.17, 15) is 15.4 Å². The fourth-order valence-corrected chi connectivity index (χ4v) is 3.53. The van der Waals surface area contributed by atoms with E-state index in [-0.39, 0.29) is 10.1 Å². The molecule has 0 aliphatic heterocycles. The molecule has 0 saturated carbocycles. The lowest BCUT2D eigenvalue weighted by Gasteiger charge is -2.03. The van der Waals surface area contributed by atoms with Crippen molar-refractivity contribution in [2.24, 2.45) is 10.2 Å². The van der Waals surface area contributed by atoms with Gasteiger partial charge in [-0.1, -0.05) is 23.5 Å². The first-order valence-electron chi connectivity index (χ1n) is 7.02. The molecule has 0 radical (unpaired) electrons. The van der Waals surface area contributed by atoms with Crippen LogP contribution in [0.3, 0.4) is 0 Å². The van der Waals surface area contributed by atoms with E-state index in [0.717, 1.165) is 34.4 Å². The van der Waals surface area contributed by atoms with Crippen molar-refractivity contribution < 1.29 is 9.66 Å². The molecule has 0 spiro atoms. The highest BCUT2D eigenvalue weighted by Gasteiger charge is 2.19. The summed E-state index contributed by atoms with van der Waals surface area (Å²) in [5.74, 6) is 0.675. The molecule has 3 rings (SSSR count). The van der Waals surface area contributed by atoms with Crippen molar-refractivity contribution in [1.29, 1.82) is 5.26 Å². The number of azo groups is 1. The largest absolute Gasteiger partial charge is 0.497 e. The van der Waals surface area contributed by atoms with Crippen molar-refractivity contribution in [1.82, 2.24) is 4.98 Å². The topological polar surface area (TPSA) is 140 Å². The quantitative estimate of drug-likeness (QED) is 0.384. The molecule has 9 nitrogen and oxygen atoms in total. The molecule has 130 valence electrons. The highest BCUT2D eigenvalue weighted by Crippen LogP contribution is 2.45. The highest BCUT2D eigenvalue weighted by molar-refractivity contribution is 7.20. The van der Waals surface area contributed by atoms with Crippen LogP contribution in [0.5, 0.6) is 5.75 Å². The molecule has 26 heavy (non-hydrogen) atoms. The third-order valence-electron chi connectivity index (χ3n) is 3.29. The summed E-state index contributed by atoms with van der Waals surface area (Å²) >= 11 is 1.91. The Kier molecular flexibility index (Phi) is 4.87. The predicted octanol–water partition coefficient (Wildman–Crippen LogP) is 4.66. The fourth-order valence-electron chi connectivity index (χ4n) is 2.12. The number of aromatic nitrogens is 1. The molecule has 0 amide bonds. The van der Waals surface area contributed by atoms with Crippen LogP contribution in [0.4, 0.5) is 20.1 Å². The number of hydrogen-bond acceptors (Lipinski definition) is 10. The predicted molar refractivity (Wildman–Crippen MR) is 98.4 cm³/mol. The van der Waals surface area contributed by atoms with Crippen LogP contribution in [-0.4, -0.2) is 17.0 Å². The smallest absolute Gasteiger partial charge is 0.345 e. The summed E-state index contributed by atoms with van der Waals surface area (Å²) in [4.78, 5) is 14.0. The van der Waals surface area contributed by atoms with Gasteiger partial charge in [0.25, 0.3) is 0 Å². The number of anilines is 1. The van der Waals surface area contributed by atoms with Crippen molar-refractivity contribution in [3.8, 4) is 22.9 Å². The van der Waals surface area contributed by atoms with Gasteiger partial charge in [-0.15, -0.1) is 10.2 Å². The molecule has 0 unspecified atom stereocenters. The van der Waals surface area contributed by atoms with E-state index >= 15 is 0 Å². The summed E-state index contributed by atoms with van der Waals surface area (Å²) in [5.41, 5.74) is 7.51. The summed E-state index contributed by atoms with van der Waals surface area (Å²) in [6.45, 7) is 0. The number of nitrogen functional groups attached to an aromatic ring is 1. The maximum atomic E-state index is 10.7. The van der Waals surface area contributed by atoms with E-state index in [1.807, 2.05) is 0 Å².